The zero-order chi connectivity index (χ0) is 15.8. The van der Waals surface area contributed by atoms with Crippen molar-refractivity contribution >= 4 is 27.3 Å². The molecule has 1 heterocycles. The molecule has 0 saturated carbocycles. The minimum atomic E-state index is 0.496. The molecule has 0 spiro atoms. The van der Waals surface area contributed by atoms with Gasteiger partial charge in [-0.25, -0.2) is 0 Å². The maximum atomic E-state index is 8.74. The van der Waals surface area contributed by atoms with E-state index in [9.17, 15) is 0 Å². The van der Waals surface area contributed by atoms with Gasteiger partial charge in [0.25, 0.3) is 0 Å². The largest absolute Gasteiger partial charge is 0.296 e. The highest BCUT2D eigenvalue weighted by Crippen LogP contribution is 2.29. The second-order valence-corrected chi connectivity index (χ2v) is 6.95. The summed E-state index contributed by atoms with van der Waals surface area (Å²) in [4.78, 5) is 4.67. The van der Waals surface area contributed by atoms with Gasteiger partial charge in [0.05, 0.1) is 12.1 Å². The first-order valence-corrected chi connectivity index (χ1v) is 8.65. The van der Waals surface area contributed by atoms with E-state index in [4.69, 9.17) is 10.5 Å². The topological polar surface area (TPSA) is 50.8 Å². The summed E-state index contributed by atoms with van der Waals surface area (Å²) in [5.41, 5.74) is 1.21. The lowest BCUT2D eigenvalue weighted by atomic mass is 10.2. The standard InChI is InChI=1S/C17H16BrN3S/c18-15-5-3-14(4-6-15)17-8-7-16(22-17)13-21(11-1-9-19)12-2-10-20/h3-8H,1-2,11-13H2. The molecule has 2 rings (SSSR count). The van der Waals surface area contributed by atoms with Crippen LogP contribution in [0.25, 0.3) is 10.4 Å². The van der Waals surface area contributed by atoms with E-state index in [-0.39, 0.29) is 0 Å². The quantitative estimate of drug-likeness (QED) is 0.699. The lowest BCUT2D eigenvalue weighted by Gasteiger charge is -2.18. The summed E-state index contributed by atoms with van der Waals surface area (Å²) < 4.78 is 1.08. The number of hydrogen-bond acceptors (Lipinski definition) is 4. The van der Waals surface area contributed by atoms with Gasteiger partial charge in [0.1, 0.15) is 0 Å². The number of benzene rings is 1. The summed E-state index contributed by atoms with van der Waals surface area (Å²) in [7, 11) is 0. The number of halogens is 1. The number of nitrogens with zero attached hydrogens (tertiary/aromatic N) is 3. The molecule has 0 atom stereocenters. The number of hydrogen-bond donors (Lipinski definition) is 0. The Hall–Kier alpha value is -1.66. The van der Waals surface area contributed by atoms with Gasteiger partial charge >= 0.3 is 0 Å². The summed E-state index contributed by atoms with van der Waals surface area (Å²) in [6.45, 7) is 2.22. The molecule has 0 aliphatic rings. The van der Waals surface area contributed by atoms with Gasteiger partial charge in [0, 0.05) is 46.7 Å². The molecule has 0 unspecified atom stereocenters. The molecule has 1 aromatic heterocycles. The molecule has 0 bridgehead atoms. The normalized spacial score (nSPS) is 10.4. The van der Waals surface area contributed by atoms with Crippen LogP contribution in [0.2, 0.25) is 0 Å². The molecule has 1 aromatic carbocycles. The maximum Gasteiger partial charge on any atom is 0.0635 e. The van der Waals surface area contributed by atoms with Crippen molar-refractivity contribution in [1.82, 2.24) is 4.90 Å². The molecule has 2 aromatic rings. The van der Waals surface area contributed by atoms with Crippen LogP contribution >= 0.6 is 27.3 Å². The average molecular weight is 374 g/mol. The molecular weight excluding hydrogens is 358 g/mol. The predicted molar refractivity (Wildman–Crippen MR) is 93.2 cm³/mol. The molecule has 3 nitrogen and oxygen atoms in total. The van der Waals surface area contributed by atoms with E-state index in [2.05, 4.69) is 57.2 Å². The Bertz CT molecular complexity index is 661. The van der Waals surface area contributed by atoms with Crippen LogP contribution in [0.4, 0.5) is 0 Å². The Kier molecular flexibility index (Phi) is 6.61. The maximum absolute atomic E-state index is 8.74. The smallest absolute Gasteiger partial charge is 0.0635 e. The van der Waals surface area contributed by atoms with Crippen molar-refractivity contribution in [3.8, 4) is 22.6 Å². The zero-order valence-corrected chi connectivity index (χ0v) is 14.5. The second-order valence-electron chi connectivity index (χ2n) is 4.87. The molecule has 0 aliphatic heterocycles. The first-order chi connectivity index (χ1) is 10.7. The van der Waals surface area contributed by atoms with Crippen LogP contribution in [0.15, 0.2) is 40.9 Å². The fourth-order valence-corrected chi connectivity index (χ4v) is 3.46. The lowest BCUT2D eigenvalue weighted by molar-refractivity contribution is 0.280. The average Bonchev–Trinajstić information content (AvgIpc) is 2.99. The van der Waals surface area contributed by atoms with E-state index in [0.29, 0.717) is 25.9 Å². The van der Waals surface area contributed by atoms with Crippen molar-refractivity contribution in [3.63, 3.8) is 0 Å². The van der Waals surface area contributed by atoms with Gasteiger partial charge in [-0.15, -0.1) is 11.3 Å². The Morgan fingerprint density at radius 3 is 2.18 bits per heavy atom. The molecule has 112 valence electrons. The lowest BCUT2D eigenvalue weighted by Crippen LogP contribution is -2.24. The van der Waals surface area contributed by atoms with E-state index < -0.39 is 0 Å². The molecule has 0 radical (unpaired) electrons. The van der Waals surface area contributed by atoms with Crippen LogP contribution in [0.5, 0.6) is 0 Å². The molecule has 0 fully saturated rings. The Labute approximate surface area is 143 Å². The van der Waals surface area contributed by atoms with Gasteiger partial charge in [-0.2, -0.15) is 10.5 Å². The minimum Gasteiger partial charge on any atom is -0.296 e. The van der Waals surface area contributed by atoms with Crippen LogP contribution in [0, 0.1) is 22.7 Å². The number of rotatable bonds is 7. The summed E-state index contributed by atoms with van der Waals surface area (Å²) in [6.07, 6.45) is 0.993. The monoisotopic (exact) mass is 373 g/mol. The fraction of sp³-hybridized carbons (Fsp3) is 0.294. The molecule has 5 heteroatoms. The molecule has 0 N–H and O–H groups in total. The molecule has 0 aliphatic carbocycles. The first-order valence-electron chi connectivity index (χ1n) is 7.04. The van der Waals surface area contributed by atoms with E-state index in [1.54, 1.807) is 11.3 Å². The highest BCUT2D eigenvalue weighted by molar-refractivity contribution is 9.10. The number of thiophene rings is 1. The van der Waals surface area contributed by atoms with E-state index in [0.717, 1.165) is 11.0 Å². The fourth-order valence-electron chi connectivity index (χ4n) is 2.14. The highest BCUT2D eigenvalue weighted by Gasteiger charge is 2.09. The SMILES string of the molecule is N#CCCN(CCC#N)Cc1ccc(-c2ccc(Br)cc2)s1. The van der Waals surface area contributed by atoms with Gasteiger partial charge < -0.3 is 0 Å². The van der Waals surface area contributed by atoms with Gasteiger partial charge in [0.15, 0.2) is 0 Å². The highest BCUT2D eigenvalue weighted by atomic mass is 79.9. The van der Waals surface area contributed by atoms with Crippen molar-refractivity contribution in [2.24, 2.45) is 0 Å². The van der Waals surface area contributed by atoms with Gasteiger partial charge in [-0.3, -0.25) is 4.90 Å². The van der Waals surface area contributed by atoms with Crippen molar-refractivity contribution in [2.45, 2.75) is 19.4 Å². The van der Waals surface area contributed by atoms with Crippen LogP contribution < -0.4 is 0 Å². The molecule has 0 amide bonds. The third-order valence-corrected chi connectivity index (χ3v) is 4.90. The molecule has 0 saturated heterocycles. The molecule has 22 heavy (non-hydrogen) atoms. The van der Waals surface area contributed by atoms with Gasteiger partial charge in [-0.05, 0) is 29.8 Å². The van der Waals surface area contributed by atoms with Crippen molar-refractivity contribution < 1.29 is 0 Å². The van der Waals surface area contributed by atoms with E-state index in [1.165, 1.54) is 15.3 Å². The van der Waals surface area contributed by atoms with Crippen LogP contribution in [0.1, 0.15) is 17.7 Å². The van der Waals surface area contributed by atoms with Gasteiger partial charge in [-0.1, -0.05) is 28.1 Å². The summed E-state index contributed by atoms with van der Waals surface area (Å²) >= 11 is 5.21. The Balaban J connectivity index is 2.04. The number of nitriles is 2. The Morgan fingerprint density at radius 2 is 1.59 bits per heavy atom. The zero-order valence-electron chi connectivity index (χ0n) is 12.1. The summed E-state index contributed by atoms with van der Waals surface area (Å²) in [6, 6.07) is 16.9. The first kappa shape index (κ1) is 16.7. The second kappa shape index (κ2) is 8.70. The Morgan fingerprint density at radius 1 is 0.955 bits per heavy atom. The van der Waals surface area contributed by atoms with Crippen molar-refractivity contribution in [1.29, 1.82) is 10.5 Å². The van der Waals surface area contributed by atoms with E-state index in [1.807, 2.05) is 12.1 Å². The van der Waals surface area contributed by atoms with E-state index >= 15 is 0 Å². The van der Waals surface area contributed by atoms with Crippen LogP contribution in [-0.2, 0) is 6.54 Å². The van der Waals surface area contributed by atoms with Gasteiger partial charge in [0.2, 0.25) is 0 Å². The predicted octanol–water partition coefficient (Wildman–Crippen LogP) is 4.81. The minimum absolute atomic E-state index is 0.496. The van der Waals surface area contributed by atoms with Crippen LogP contribution in [0.3, 0.4) is 0 Å². The molecular formula is C17H16BrN3S. The third kappa shape index (κ3) is 4.96. The summed E-state index contributed by atoms with van der Waals surface area (Å²) in [5.74, 6) is 0. The summed E-state index contributed by atoms with van der Waals surface area (Å²) in [5, 5.41) is 17.5. The van der Waals surface area contributed by atoms with Crippen molar-refractivity contribution in [3.05, 3.63) is 45.7 Å². The van der Waals surface area contributed by atoms with Crippen LogP contribution in [-0.4, -0.2) is 18.0 Å². The van der Waals surface area contributed by atoms with Crippen molar-refractivity contribution in [2.75, 3.05) is 13.1 Å². The third-order valence-electron chi connectivity index (χ3n) is 3.25.